The Morgan fingerprint density at radius 2 is 1.69 bits per heavy atom. The highest BCUT2D eigenvalue weighted by Crippen LogP contribution is 2.46. The van der Waals surface area contributed by atoms with E-state index in [1.165, 1.54) is 22.2 Å². The monoisotopic (exact) mass is 422 g/mol. The van der Waals surface area contributed by atoms with Crippen molar-refractivity contribution in [1.29, 1.82) is 0 Å². The van der Waals surface area contributed by atoms with E-state index < -0.39 is 0 Å². The standard InChI is InChI=1S/C28H26N2O2/c1-29-24-16-8-7-15-23(24)25(26(29)19-10-3-2-4-11-19)27-21-13-5-6-14-22(21)28(31)30(27)18-20-12-9-17-32-20/h2-8,10-11,13-16,20,27H,9,12,17-18H2,1H3/t20-,27-/m0/s1. The smallest absolute Gasteiger partial charge is 0.255 e. The van der Waals surface area contributed by atoms with Gasteiger partial charge in [-0.15, -0.1) is 0 Å². The zero-order chi connectivity index (χ0) is 21.7. The molecule has 2 aliphatic heterocycles. The summed E-state index contributed by atoms with van der Waals surface area (Å²) in [4.78, 5) is 15.7. The van der Waals surface area contributed by atoms with Crippen LogP contribution in [0.4, 0.5) is 0 Å². The third-order valence-electron chi connectivity index (χ3n) is 6.95. The fraction of sp³-hybridized carbons (Fsp3) is 0.250. The molecule has 0 unspecified atom stereocenters. The molecule has 2 atom stereocenters. The molecule has 1 aromatic heterocycles. The molecular weight excluding hydrogens is 396 g/mol. The molecule has 4 heteroatoms. The van der Waals surface area contributed by atoms with E-state index in [0.29, 0.717) is 6.54 Å². The summed E-state index contributed by atoms with van der Waals surface area (Å²) in [5.41, 5.74) is 6.60. The first-order valence-electron chi connectivity index (χ1n) is 11.4. The molecule has 2 aliphatic rings. The van der Waals surface area contributed by atoms with Crippen molar-refractivity contribution in [1.82, 2.24) is 9.47 Å². The summed E-state index contributed by atoms with van der Waals surface area (Å²) in [7, 11) is 2.13. The number of fused-ring (bicyclic) bond motifs is 2. The second-order valence-corrected chi connectivity index (χ2v) is 8.79. The molecule has 1 fully saturated rings. The van der Waals surface area contributed by atoms with Gasteiger partial charge in [0.15, 0.2) is 0 Å². The van der Waals surface area contributed by atoms with Gasteiger partial charge in [0, 0.05) is 42.2 Å². The van der Waals surface area contributed by atoms with Crippen molar-refractivity contribution in [2.45, 2.75) is 25.0 Å². The second-order valence-electron chi connectivity index (χ2n) is 8.79. The summed E-state index contributed by atoms with van der Waals surface area (Å²) in [6.07, 6.45) is 2.17. The number of nitrogens with zero attached hydrogens (tertiary/aromatic N) is 2. The van der Waals surface area contributed by atoms with Gasteiger partial charge in [-0.1, -0.05) is 66.7 Å². The van der Waals surface area contributed by atoms with Crippen LogP contribution in [0.5, 0.6) is 0 Å². The lowest BCUT2D eigenvalue weighted by atomic mass is 9.93. The van der Waals surface area contributed by atoms with Crippen molar-refractivity contribution in [3.05, 3.63) is 95.6 Å². The highest BCUT2D eigenvalue weighted by atomic mass is 16.5. The third-order valence-corrected chi connectivity index (χ3v) is 6.95. The number of hydrogen-bond acceptors (Lipinski definition) is 2. The van der Waals surface area contributed by atoms with Gasteiger partial charge in [-0.25, -0.2) is 0 Å². The zero-order valence-corrected chi connectivity index (χ0v) is 18.2. The van der Waals surface area contributed by atoms with Gasteiger partial charge < -0.3 is 14.2 Å². The Morgan fingerprint density at radius 3 is 2.50 bits per heavy atom. The molecule has 1 amide bonds. The van der Waals surface area contributed by atoms with Gasteiger partial charge in [-0.05, 0) is 36.1 Å². The molecule has 3 aromatic carbocycles. The van der Waals surface area contributed by atoms with E-state index in [4.69, 9.17) is 4.74 Å². The largest absolute Gasteiger partial charge is 0.376 e. The Bertz CT molecular complexity index is 1300. The Hall–Kier alpha value is -3.37. The van der Waals surface area contributed by atoms with E-state index in [0.717, 1.165) is 36.1 Å². The highest BCUT2D eigenvalue weighted by Gasteiger charge is 2.41. The Morgan fingerprint density at radius 1 is 0.938 bits per heavy atom. The maximum Gasteiger partial charge on any atom is 0.255 e. The summed E-state index contributed by atoms with van der Waals surface area (Å²) in [6, 6.07) is 27.0. The van der Waals surface area contributed by atoms with Gasteiger partial charge in [0.25, 0.3) is 5.91 Å². The molecule has 4 aromatic rings. The molecule has 0 saturated carbocycles. The van der Waals surface area contributed by atoms with Crippen LogP contribution in [0.3, 0.4) is 0 Å². The van der Waals surface area contributed by atoms with Crippen LogP contribution in [0, 0.1) is 0 Å². The van der Waals surface area contributed by atoms with Crippen molar-refractivity contribution < 1.29 is 9.53 Å². The number of hydrogen-bond donors (Lipinski definition) is 0. The molecule has 0 aliphatic carbocycles. The zero-order valence-electron chi connectivity index (χ0n) is 18.2. The summed E-state index contributed by atoms with van der Waals surface area (Å²) >= 11 is 0. The normalized spacial score (nSPS) is 20.3. The van der Waals surface area contributed by atoms with Crippen molar-refractivity contribution in [2.24, 2.45) is 7.05 Å². The SMILES string of the molecule is Cn1c(-c2ccccc2)c([C@@H]2c3ccccc3C(=O)N2C[C@@H]2CCCO2)c2ccccc21. The molecular formula is C28H26N2O2. The third kappa shape index (κ3) is 2.90. The molecule has 0 spiro atoms. The van der Waals surface area contributed by atoms with Crippen molar-refractivity contribution >= 4 is 16.8 Å². The number of aromatic nitrogens is 1. The van der Waals surface area contributed by atoms with Gasteiger partial charge in [-0.2, -0.15) is 0 Å². The van der Waals surface area contributed by atoms with Crippen molar-refractivity contribution in [2.75, 3.05) is 13.2 Å². The molecule has 160 valence electrons. The van der Waals surface area contributed by atoms with Gasteiger partial charge in [0.1, 0.15) is 0 Å². The molecule has 3 heterocycles. The minimum Gasteiger partial charge on any atom is -0.376 e. The summed E-state index contributed by atoms with van der Waals surface area (Å²) in [5, 5.41) is 1.20. The number of aryl methyl sites for hydroxylation is 1. The number of carbonyl (C=O) groups is 1. The number of para-hydroxylation sites is 1. The molecule has 32 heavy (non-hydrogen) atoms. The maximum atomic E-state index is 13.6. The van der Waals surface area contributed by atoms with E-state index in [9.17, 15) is 4.79 Å². The maximum absolute atomic E-state index is 13.6. The number of ether oxygens (including phenoxy) is 1. The second kappa shape index (κ2) is 7.64. The van der Waals surface area contributed by atoms with Crippen LogP contribution in [0.25, 0.3) is 22.2 Å². The lowest BCUT2D eigenvalue weighted by Crippen LogP contribution is -2.36. The molecule has 0 bridgehead atoms. The molecule has 0 radical (unpaired) electrons. The van der Waals surface area contributed by atoms with Crippen LogP contribution < -0.4 is 0 Å². The Balaban J connectivity index is 1.62. The first-order valence-corrected chi connectivity index (χ1v) is 11.4. The van der Waals surface area contributed by atoms with Crippen LogP contribution in [0.1, 0.15) is 40.4 Å². The van der Waals surface area contributed by atoms with Crippen LogP contribution in [0.2, 0.25) is 0 Å². The minimum absolute atomic E-state index is 0.103. The summed E-state index contributed by atoms with van der Waals surface area (Å²) in [6.45, 7) is 1.41. The molecule has 0 N–H and O–H groups in total. The fourth-order valence-electron chi connectivity index (χ4n) is 5.52. The van der Waals surface area contributed by atoms with E-state index in [1.54, 1.807) is 0 Å². The molecule has 6 rings (SSSR count). The lowest BCUT2D eigenvalue weighted by Gasteiger charge is -2.29. The number of amides is 1. The predicted octanol–water partition coefficient (Wildman–Crippen LogP) is 5.57. The van der Waals surface area contributed by atoms with Crippen LogP contribution in [-0.4, -0.2) is 34.6 Å². The van der Waals surface area contributed by atoms with Gasteiger partial charge >= 0.3 is 0 Å². The van der Waals surface area contributed by atoms with Crippen LogP contribution >= 0.6 is 0 Å². The lowest BCUT2D eigenvalue weighted by molar-refractivity contribution is 0.0501. The average molecular weight is 423 g/mol. The van der Waals surface area contributed by atoms with E-state index in [2.05, 4.69) is 71.1 Å². The minimum atomic E-state index is -0.135. The number of benzene rings is 3. The van der Waals surface area contributed by atoms with Gasteiger partial charge in [0.05, 0.1) is 17.8 Å². The van der Waals surface area contributed by atoms with Crippen LogP contribution in [0.15, 0.2) is 78.9 Å². The molecule has 4 nitrogen and oxygen atoms in total. The number of rotatable bonds is 4. The average Bonchev–Trinajstić information content (AvgIpc) is 3.52. The van der Waals surface area contributed by atoms with Gasteiger partial charge in [-0.3, -0.25) is 4.79 Å². The summed E-state index contributed by atoms with van der Waals surface area (Å²) < 4.78 is 8.23. The van der Waals surface area contributed by atoms with E-state index >= 15 is 0 Å². The highest BCUT2D eigenvalue weighted by molar-refractivity contribution is 6.02. The number of carbonyl (C=O) groups excluding carboxylic acids is 1. The first-order chi connectivity index (χ1) is 15.7. The topological polar surface area (TPSA) is 34.5 Å². The Labute approximate surface area is 188 Å². The van der Waals surface area contributed by atoms with E-state index in [1.807, 2.05) is 24.3 Å². The summed E-state index contributed by atoms with van der Waals surface area (Å²) in [5.74, 6) is 0.105. The first kappa shape index (κ1) is 19.3. The molecule has 1 saturated heterocycles. The van der Waals surface area contributed by atoms with Crippen molar-refractivity contribution in [3.8, 4) is 11.3 Å². The van der Waals surface area contributed by atoms with Gasteiger partial charge in [0.2, 0.25) is 0 Å². The van der Waals surface area contributed by atoms with Crippen LogP contribution in [-0.2, 0) is 11.8 Å². The van der Waals surface area contributed by atoms with Crippen molar-refractivity contribution in [3.63, 3.8) is 0 Å². The quantitative estimate of drug-likeness (QED) is 0.431. The fourth-order valence-corrected chi connectivity index (χ4v) is 5.52. The van der Waals surface area contributed by atoms with E-state index in [-0.39, 0.29) is 18.1 Å². The Kier molecular flexibility index (Phi) is 4.62. The predicted molar refractivity (Wildman–Crippen MR) is 127 cm³/mol.